The third-order valence-electron chi connectivity index (χ3n) is 2.92. The molecular weight excluding hydrogens is 188 g/mol. The molecular formula is C13H18O2. The van der Waals surface area contributed by atoms with Gasteiger partial charge in [-0.1, -0.05) is 44.2 Å². The van der Waals surface area contributed by atoms with Gasteiger partial charge in [0.2, 0.25) is 0 Å². The molecule has 1 fully saturated rings. The van der Waals surface area contributed by atoms with Gasteiger partial charge in [-0.3, -0.25) is 0 Å². The molecule has 0 radical (unpaired) electrons. The maximum Gasteiger partial charge on any atom is 0.184 e. The van der Waals surface area contributed by atoms with Crippen molar-refractivity contribution in [3.05, 3.63) is 35.9 Å². The summed E-state index contributed by atoms with van der Waals surface area (Å²) in [6.07, 6.45) is 1.20. The van der Waals surface area contributed by atoms with E-state index in [1.54, 1.807) is 0 Å². The maximum absolute atomic E-state index is 5.91. The van der Waals surface area contributed by atoms with Gasteiger partial charge in [0.25, 0.3) is 0 Å². The molecule has 0 unspecified atom stereocenters. The van der Waals surface area contributed by atoms with Gasteiger partial charge >= 0.3 is 0 Å². The molecule has 0 amide bonds. The van der Waals surface area contributed by atoms with E-state index in [1.165, 1.54) is 0 Å². The number of hydrogen-bond donors (Lipinski definition) is 0. The van der Waals surface area contributed by atoms with E-state index in [9.17, 15) is 0 Å². The molecule has 1 heterocycles. The van der Waals surface area contributed by atoms with Crippen LogP contribution in [0.1, 0.15) is 32.1 Å². The van der Waals surface area contributed by atoms with Crippen LogP contribution in [0.25, 0.3) is 0 Å². The summed E-state index contributed by atoms with van der Waals surface area (Å²) in [5.41, 5.74) is 1.11. The van der Waals surface area contributed by atoms with Crippen molar-refractivity contribution in [2.75, 3.05) is 6.61 Å². The van der Waals surface area contributed by atoms with Gasteiger partial charge in [-0.15, -0.1) is 0 Å². The van der Waals surface area contributed by atoms with Crippen molar-refractivity contribution in [1.82, 2.24) is 0 Å². The lowest BCUT2D eigenvalue weighted by Crippen LogP contribution is -2.34. The minimum Gasteiger partial charge on any atom is -0.348 e. The standard InChI is InChI=1S/C13H18O2/c1-3-12-10(2)9-14-13(15-12)11-7-5-4-6-8-11/h4-8,10,12-13H,3,9H2,1-2H3/t10-,12-,13+/m0/s1. The van der Waals surface area contributed by atoms with Crippen molar-refractivity contribution < 1.29 is 9.47 Å². The highest BCUT2D eigenvalue weighted by atomic mass is 16.7. The molecule has 0 bridgehead atoms. The van der Waals surface area contributed by atoms with Gasteiger partial charge < -0.3 is 9.47 Å². The second-order valence-electron chi connectivity index (χ2n) is 4.14. The van der Waals surface area contributed by atoms with E-state index in [-0.39, 0.29) is 6.29 Å². The minimum absolute atomic E-state index is 0.174. The smallest absolute Gasteiger partial charge is 0.184 e. The van der Waals surface area contributed by atoms with Crippen LogP contribution in [0.15, 0.2) is 30.3 Å². The largest absolute Gasteiger partial charge is 0.348 e. The first-order valence-electron chi connectivity index (χ1n) is 5.63. The molecule has 82 valence electrons. The van der Waals surface area contributed by atoms with Gasteiger partial charge in [0.05, 0.1) is 12.7 Å². The van der Waals surface area contributed by atoms with E-state index >= 15 is 0 Å². The molecule has 3 atom stereocenters. The predicted molar refractivity (Wildman–Crippen MR) is 59.5 cm³/mol. The van der Waals surface area contributed by atoms with Crippen LogP contribution in [-0.4, -0.2) is 12.7 Å². The van der Waals surface area contributed by atoms with Gasteiger partial charge in [0, 0.05) is 11.5 Å². The van der Waals surface area contributed by atoms with Crippen molar-refractivity contribution in [3.8, 4) is 0 Å². The van der Waals surface area contributed by atoms with Crippen LogP contribution in [0.4, 0.5) is 0 Å². The van der Waals surface area contributed by atoms with E-state index in [2.05, 4.69) is 13.8 Å². The molecule has 1 saturated heterocycles. The molecule has 1 aliphatic heterocycles. The van der Waals surface area contributed by atoms with E-state index in [0.717, 1.165) is 18.6 Å². The second-order valence-corrected chi connectivity index (χ2v) is 4.14. The molecule has 1 aromatic carbocycles. The van der Waals surface area contributed by atoms with E-state index in [0.29, 0.717) is 12.0 Å². The van der Waals surface area contributed by atoms with Crippen molar-refractivity contribution in [2.24, 2.45) is 5.92 Å². The summed E-state index contributed by atoms with van der Waals surface area (Å²) in [6.45, 7) is 5.13. The lowest BCUT2D eigenvalue weighted by molar-refractivity contribution is -0.238. The molecule has 0 aromatic heterocycles. The van der Waals surface area contributed by atoms with Crippen molar-refractivity contribution >= 4 is 0 Å². The fourth-order valence-electron chi connectivity index (χ4n) is 1.96. The van der Waals surface area contributed by atoms with Crippen molar-refractivity contribution in [3.63, 3.8) is 0 Å². The summed E-state index contributed by atoms with van der Waals surface area (Å²) < 4.78 is 11.6. The Balaban J connectivity index is 2.06. The van der Waals surface area contributed by atoms with Crippen LogP contribution in [0.2, 0.25) is 0 Å². The van der Waals surface area contributed by atoms with E-state index in [1.807, 2.05) is 30.3 Å². The molecule has 0 spiro atoms. The zero-order valence-electron chi connectivity index (χ0n) is 9.35. The first-order chi connectivity index (χ1) is 7.31. The fourth-order valence-corrected chi connectivity index (χ4v) is 1.96. The first kappa shape index (κ1) is 10.7. The summed E-state index contributed by atoms with van der Waals surface area (Å²) in [5.74, 6) is 0.495. The average molecular weight is 206 g/mol. The molecule has 1 aromatic rings. The molecule has 0 N–H and O–H groups in total. The van der Waals surface area contributed by atoms with Gasteiger partial charge in [0.1, 0.15) is 0 Å². The highest BCUT2D eigenvalue weighted by Crippen LogP contribution is 2.30. The van der Waals surface area contributed by atoms with Crippen LogP contribution in [-0.2, 0) is 9.47 Å². The normalized spacial score (nSPS) is 31.5. The lowest BCUT2D eigenvalue weighted by Gasteiger charge is -2.34. The first-order valence-corrected chi connectivity index (χ1v) is 5.63. The summed E-state index contributed by atoms with van der Waals surface area (Å²) in [7, 11) is 0. The molecule has 0 aliphatic carbocycles. The maximum atomic E-state index is 5.91. The number of rotatable bonds is 2. The summed E-state index contributed by atoms with van der Waals surface area (Å²) in [5, 5.41) is 0. The van der Waals surface area contributed by atoms with Crippen LogP contribution in [0.5, 0.6) is 0 Å². The molecule has 2 rings (SSSR count). The number of ether oxygens (including phenoxy) is 2. The predicted octanol–water partition coefficient (Wildman–Crippen LogP) is 3.15. The Kier molecular flexibility index (Phi) is 3.39. The molecule has 0 saturated carbocycles. The summed E-state index contributed by atoms with van der Waals surface area (Å²) in [6, 6.07) is 10.1. The molecule has 2 heteroatoms. The average Bonchev–Trinajstić information content (AvgIpc) is 2.31. The summed E-state index contributed by atoms with van der Waals surface area (Å²) in [4.78, 5) is 0. The zero-order valence-corrected chi connectivity index (χ0v) is 9.35. The lowest BCUT2D eigenvalue weighted by atomic mass is 10.0. The quantitative estimate of drug-likeness (QED) is 0.740. The SMILES string of the molecule is CC[C@@H]1O[C@H](c2ccccc2)OC[C@@H]1C. The Labute approximate surface area is 91.2 Å². The third kappa shape index (κ3) is 2.39. The Morgan fingerprint density at radius 1 is 1.27 bits per heavy atom. The second kappa shape index (κ2) is 4.77. The monoisotopic (exact) mass is 206 g/mol. The fraction of sp³-hybridized carbons (Fsp3) is 0.538. The molecule has 1 aliphatic rings. The Bertz CT molecular complexity index is 297. The van der Waals surface area contributed by atoms with E-state index < -0.39 is 0 Å². The van der Waals surface area contributed by atoms with Gasteiger partial charge in [0.15, 0.2) is 6.29 Å². The Hall–Kier alpha value is -0.860. The minimum atomic E-state index is -0.174. The molecule has 2 nitrogen and oxygen atoms in total. The van der Waals surface area contributed by atoms with Crippen LogP contribution in [0.3, 0.4) is 0 Å². The molecule has 15 heavy (non-hydrogen) atoms. The zero-order chi connectivity index (χ0) is 10.7. The van der Waals surface area contributed by atoms with Crippen molar-refractivity contribution in [1.29, 1.82) is 0 Å². The van der Waals surface area contributed by atoms with Crippen LogP contribution >= 0.6 is 0 Å². The highest BCUT2D eigenvalue weighted by molar-refractivity contribution is 5.16. The van der Waals surface area contributed by atoms with Gasteiger partial charge in [-0.05, 0) is 6.42 Å². The highest BCUT2D eigenvalue weighted by Gasteiger charge is 2.28. The number of hydrogen-bond acceptors (Lipinski definition) is 2. The van der Waals surface area contributed by atoms with Crippen molar-refractivity contribution in [2.45, 2.75) is 32.7 Å². The van der Waals surface area contributed by atoms with Crippen LogP contribution in [0, 0.1) is 5.92 Å². The Morgan fingerprint density at radius 2 is 2.00 bits per heavy atom. The van der Waals surface area contributed by atoms with Gasteiger partial charge in [-0.25, -0.2) is 0 Å². The third-order valence-corrected chi connectivity index (χ3v) is 2.92. The van der Waals surface area contributed by atoms with Gasteiger partial charge in [-0.2, -0.15) is 0 Å². The van der Waals surface area contributed by atoms with E-state index in [4.69, 9.17) is 9.47 Å². The topological polar surface area (TPSA) is 18.5 Å². The summed E-state index contributed by atoms with van der Waals surface area (Å²) >= 11 is 0. The number of benzene rings is 1. The van der Waals surface area contributed by atoms with Crippen LogP contribution < -0.4 is 0 Å². The Morgan fingerprint density at radius 3 is 2.67 bits per heavy atom.